The van der Waals surface area contributed by atoms with Crippen molar-refractivity contribution in [2.24, 2.45) is 0 Å². The second kappa shape index (κ2) is 6.57. The summed E-state index contributed by atoms with van der Waals surface area (Å²) in [7, 11) is 0. The van der Waals surface area contributed by atoms with Gasteiger partial charge in [-0.3, -0.25) is 0 Å². The summed E-state index contributed by atoms with van der Waals surface area (Å²) >= 11 is 0. The van der Waals surface area contributed by atoms with E-state index in [-0.39, 0.29) is 0 Å². The van der Waals surface area contributed by atoms with E-state index in [9.17, 15) is 4.79 Å². The smallest absolute Gasteiger partial charge is 0.126 e. The second-order valence-corrected chi connectivity index (χ2v) is 5.54. The first-order valence-corrected chi connectivity index (χ1v) is 7.62. The lowest BCUT2D eigenvalue weighted by molar-refractivity contribution is -0.107. The molecule has 0 fully saturated rings. The SMILES string of the molecule is O=CCc1ccc2c(c1OCc1ccccc1)CCCC2. The van der Waals surface area contributed by atoms with Crippen molar-refractivity contribution in [3.05, 3.63) is 64.7 Å². The molecule has 0 aromatic heterocycles. The zero-order chi connectivity index (χ0) is 14.5. The molecule has 0 aliphatic heterocycles. The number of carbonyl (C=O) groups excluding carboxylic acids is 1. The Kier molecular flexibility index (Phi) is 4.34. The minimum atomic E-state index is 0.428. The van der Waals surface area contributed by atoms with Crippen LogP contribution in [0.2, 0.25) is 0 Å². The topological polar surface area (TPSA) is 26.3 Å². The Morgan fingerprint density at radius 2 is 1.81 bits per heavy atom. The summed E-state index contributed by atoms with van der Waals surface area (Å²) in [5, 5.41) is 0. The van der Waals surface area contributed by atoms with Crippen LogP contribution in [0.15, 0.2) is 42.5 Å². The minimum absolute atomic E-state index is 0.428. The molecule has 21 heavy (non-hydrogen) atoms. The van der Waals surface area contributed by atoms with Crippen molar-refractivity contribution >= 4 is 6.29 Å². The third-order valence-corrected chi connectivity index (χ3v) is 4.09. The summed E-state index contributed by atoms with van der Waals surface area (Å²) < 4.78 is 6.12. The molecule has 3 rings (SSSR count). The van der Waals surface area contributed by atoms with Gasteiger partial charge in [0.25, 0.3) is 0 Å². The van der Waals surface area contributed by atoms with Crippen molar-refractivity contribution < 1.29 is 9.53 Å². The maximum Gasteiger partial charge on any atom is 0.126 e. The van der Waals surface area contributed by atoms with Crippen LogP contribution >= 0.6 is 0 Å². The van der Waals surface area contributed by atoms with Gasteiger partial charge in [0.15, 0.2) is 0 Å². The van der Waals surface area contributed by atoms with Crippen LogP contribution in [0.3, 0.4) is 0 Å². The molecule has 1 aliphatic carbocycles. The van der Waals surface area contributed by atoms with E-state index < -0.39 is 0 Å². The Labute approximate surface area is 125 Å². The number of ether oxygens (including phenoxy) is 1. The van der Waals surface area contributed by atoms with Crippen LogP contribution in [0, 0.1) is 0 Å². The molecule has 2 nitrogen and oxygen atoms in total. The highest BCUT2D eigenvalue weighted by molar-refractivity contribution is 5.60. The van der Waals surface area contributed by atoms with Crippen molar-refractivity contribution in [3.63, 3.8) is 0 Å². The molecule has 0 unspecified atom stereocenters. The number of aryl methyl sites for hydroxylation is 1. The summed E-state index contributed by atoms with van der Waals surface area (Å²) in [5.74, 6) is 0.947. The number of aldehydes is 1. The number of carbonyl (C=O) groups is 1. The molecule has 0 spiro atoms. The first-order chi connectivity index (χ1) is 10.4. The van der Waals surface area contributed by atoms with E-state index in [1.54, 1.807) is 0 Å². The van der Waals surface area contributed by atoms with Gasteiger partial charge in [-0.15, -0.1) is 0 Å². The maximum absolute atomic E-state index is 10.9. The zero-order valence-corrected chi connectivity index (χ0v) is 12.2. The van der Waals surface area contributed by atoms with Crippen molar-refractivity contribution in [3.8, 4) is 5.75 Å². The maximum atomic E-state index is 10.9. The highest BCUT2D eigenvalue weighted by atomic mass is 16.5. The molecule has 108 valence electrons. The van der Waals surface area contributed by atoms with Crippen LogP contribution in [0.1, 0.15) is 35.1 Å². The van der Waals surface area contributed by atoms with Crippen LogP contribution < -0.4 is 4.74 Å². The van der Waals surface area contributed by atoms with Crippen molar-refractivity contribution in [1.29, 1.82) is 0 Å². The molecule has 2 aromatic carbocycles. The number of benzene rings is 2. The van der Waals surface area contributed by atoms with Gasteiger partial charge in [0, 0.05) is 12.0 Å². The third kappa shape index (κ3) is 3.15. The fraction of sp³-hybridized carbons (Fsp3) is 0.316. The van der Waals surface area contributed by atoms with Crippen LogP contribution in [-0.2, 0) is 30.7 Å². The van der Waals surface area contributed by atoms with E-state index in [1.165, 1.54) is 24.0 Å². The molecule has 1 aliphatic rings. The molecule has 0 bridgehead atoms. The van der Waals surface area contributed by atoms with E-state index in [4.69, 9.17) is 4.74 Å². The Bertz CT molecular complexity index is 617. The third-order valence-electron chi connectivity index (χ3n) is 4.09. The first-order valence-electron chi connectivity index (χ1n) is 7.62. The van der Waals surface area contributed by atoms with Gasteiger partial charge in [0.1, 0.15) is 18.6 Å². The van der Waals surface area contributed by atoms with Gasteiger partial charge in [0.2, 0.25) is 0 Å². The molecule has 0 saturated heterocycles. The number of hydrogen-bond donors (Lipinski definition) is 0. The highest BCUT2D eigenvalue weighted by Crippen LogP contribution is 2.33. The Hall–Kier alpha value is -2.09. The zero-order valence-electron chi connectivity index (χ0n) is 12.2. The van der Waals surface area contributed by atoms with Crippen LogP contribution in [0.4, 0.5) is 0 Å². The lowest BCUT2D eigenvalue weighted by Crippen LogP contribution is -2.09. The highest BCUT2D eigenvalue weighted by Gasteiger charge is 2.17. The van der Waals surface area contributed by atoms with Gasteiger partial charge in [-0.25, -0.2) is 0 Å². The van der Waals surface area contributed by atoms with E-state index in [1.807, 2.05) is 18.2 Å². The molecule has 2 heteroatoms. The van der Waals surface area contributed by atoms with Crippen molar-refractivity contribution in [1.82, 2.24) is 0 Å². The van der Waals surface area contributed by atoms with Crippen LogP contribution in [0.25, 0.3) is 0 Å². The Balaban J connectivity index is 1.89. The normalized spacial score (nSPS) is 13.5. The van der Waals surface area contributed by atoms with Crippen LogP contribution in [0.5, 0.6) is 5.75 Å². The summed E-state index contributed by atoms with van der Waals surface area (Å²) in [6, 6.07) is 14.4. The van der Waals surface area contributed by atoms with Crippen molar-refractivity contribution in [2.75, 3.05) is 0 Å². The van der Waals surface area contributed by atoms with Crippen molar-refractivity contribution in [2.45, 2.75) is 38.7 Å². The van der Waals surface area contributed by atoms with Gasteiger partial charge in [-0.05, 0) is 42.4 Å². The average Bonchev–Trinajstić information content (AvgIpc) is 2.55. The molecule has 0 amide bonds. The molecule has 0 atom stereocenters. The van der Waals surface area contributed by atoms with Crippen LogP contribution in [-0.4, -0.2) is 6.29 Å². The van der Waals surface area contributed by atoms with Gasteiger partial charge < -0.3 is 9.53 Å². The Morgan fingerprint density at radius 3 is 2.62 bits per heavy atom. The van der Waals surface area contributed by atoms with E-state index >= 15 is 0 Å². The standard InChI is InChI=1S/C19H20O2/c20-13-12-17-11-10-16-8-4-5-9-18(16)19(17)21-14-15-6-2-1-3-7-15/h1-3,6-7,10-11,13H,4-5,8-9,12,14H2. The number of hydrogen-bond acceptors (Lipinski definition) is 2. The van der Waals surface area contributed by atoms with E-state index in [0.29, 0.717) is 13.0 Å². The quantitative estimate of drug-likeness (QED) is 0.777. The molecule has 0 N–H and O–H groups in total. The number of fused-ring (bicyclic) bond motifs is 1. The van der Waals surface area contributed by atoms with Gasteiger partial charge in [-0.1, -0.05) is 42.5 Å². The molecule has 2 aromatic rings. The summed E-state index contributed by atoms with van der Waals surface area (Å²) in [4.78, 5) is 10.9. The van der Waals surface area contributed by atoms with Gasteiger partial charge in [-0.2, -0.15) is 0 Å². The summed E-state index contributed by atoms with van der Waals surface area (Å²) in [5.41, 5.74) is 4.88. The molecular weight excluding hydrogens is 260 g/mol. The monoisotopic (exact) mass is 280 g/mol. The average molecular weight is 280 g/mol. The largest absolute Gasteiger partial charge is 0.488 e. The Morgan fingerprint density at radius 1 is 1.00 bits per heavy atom. The lowest BCUT2D eigenvalue weighted by Gasteiger charge is -2.22. The summed E-state index contributed by atoms with van der Waals surface area (Å²) in [6.07, 6.45) is 6.03. The molecule has 0 radical (unpaired) electrons. The van der Waals surface area contributed by atoms with E-state index in [0.717, 1.165) is 36.0 Å². The predicted octanol–water partition coefficient (Wildman–Crippen LogP) is 3.89. The predicted molar refractivity (Wildman–Crippen MR) is 83.6 cm³/mol. The molecule has 0 heterocycles. The van der Waals surface area contributed by atoms with E-state index in [2.05, 4.69) is 24.3 Å². The molecular formula is C19H20O2. The second-order valence-electron chi connectivity index (χ2n) is 5.54. The minimum Gasteiger partial charge on any atom is -0.488 e. The van der Waals surface area contributed by atoms with Gasteiger partial charge >= 0.3 is 0 Å². The van der Waals surface area contributed by atoms with Gasteiger partial charge in [0.05, 0.1) is 0 Å². The lowest BCUT2D eigenvalue weighted by atomic mass is 9.89. The number of rotatable bonds is 5. The summed E-state index contributed by atoms with van der Waals surface area (Å²) in [6.45, 7) is 0.559. The molecule has 0 saturated carbocycles. The fourth-order valence-corrected chi connectivity index (χ4v) is 3.00. The first kappa shape index (κ1) is 13.9. The fourth-order valence-electron chi connectivity index (χ4n) is 3.00.